The quantitative estimate of drug-likeness (QED) is 0.841. The van der Waals surface area contributed by atoms with Crippen molar-refractivity contribution >= 4 is 16.5 Å². The lowest BCUT2D eigenvalue weighted by Crippen LogP contribution is -2.35. The highest BCUT2D eigenvalue weighted by Gasteiger charge is 2.29. The maximum Gasteiger partial charge on any atom is 0.208 e. The van der Waals surface area contributed by atoms with Gasteiger partial charge in [0.15, 0.2) is 0 Å². The highest BCUT2D eigenvalue weighted by molar-refractivity contribution is 7.15. The number of aromatic nitrogens is 3. The molecule has 0 atom stereocenters. The Kier molecular flexibility index (Phi) is 4.16. The Bertz CT molecular complexity index is 662. The van der Waals surface area contributed by atoms with Crippen LogP contribution in [0.15, 0.2) is 18.3 Å². The van der Waals surface area contributed by atoms with Gasteiger partial charge in [-0.2, -0.15) is 0 Å². The number of hydrogen-bond donors (Lipinski definition) is 0. The molecule has 1 aliphatic carbocycles. The van der Waals surface area contributed by atoms with Gasteiger partial charge >= 0.3 is 0 Å². The van der Waals surface area contributed by atoms with Crippen LogP contribution in [-0.4, -0.2) is 34.9 Å². The molecule has 2 aliphatic rings. The molecule has 3 heterocycles. The van der Waals surface area contributed by atoms with Crippen molar-refractivity contribution in [3.05, 3.63) is 29.0 Å². The standard InChI is InChI=1S/C17H22N4OS/c1-12-10-15(4-7-18-12)22-11-13-5-8-21(9-6-13)17-20-19-16(23-17)14-2-3-14/h4,7,10,13-14H,2-3,5-6,8-9,11H2,1H3. The number of hydrogen-bond acceptors (Lipinski definition) is 6. The average Bonchev–Trinajstić information content (AvgIpc) is 3.31. The first-order valence-electron chi connectivity index (χ1n) is 8.42. The number of pyridine rings is 1. The molecule has 0 radical (unpaired) electrons. The van der Waals surface area contributed by atoms with Crippen LogP contribution >= 0.6 is 11.3 Å². The predicted octanol–water partition coefficient (Wildman–Crippen LogP) is 3.41. The molecular weight excluding hydrogens is 308 g/mol. The smallest absolute Gasteiger partial charge is 0.208 e. The maximum atomic E-state index is 5.93. The normalized spacial score (nSPS) is 19.1. The molecule has 1 aliphatic heterocycles. The van der Waals surface area contributed by atoms with Gasteiger partial charge in [-0.05, 0) is 44.6 Å². The highest BCUT2D eigenvalue weighted by atomic mass is 32.1. The van der Waals surface area contributed by atoms with E-state index in [0.29, 0.717) is 11.8 Å². The summed E-state index contributed by atoms with van der Waals surface area (Å²) in [5.74, 6) is 2.25. The fraction of sp³-hybridized carbons (Fsp3) is 0.588. The molecule has 0 amide bonds. The largest absolute Gasteiger partial charge is 0.493 e. The van der Waals surface area contributed by atoms with Crippen LogP contribution in [0.5, 0.6) is 5.75 Å². The Hall–Kier alpha value is -1.69. The van der Waals surface area contributed by atoms with Gasteiger partial charge < -0.3 is 9.64 Å². The van der Waals surface area contributed by atoms with Gasteiger partial charge in [0.25, 0.3) is 0 Å². The molecule has 0 spiro atoms. The molecule has 0 aromatic carbocycles. The van der Waals surface area contributed by atoms with Gasteiger partial charge in [-0.1, -0.05) is 11.3 Å². The first-order valence-corrected chi connectivity index (χ1v) is 9.23. The summed E-state index contributed by atoms with van der Waals surface area (Å²) in [6.45, 7) is 4.90. The third-order valence-corrected chi connectivity index (χ3v) is 5.74. The van der Waals surface area contributed by atoms with Crippen molar-refractivity contribution in [1.82, 2.24) is 15.2 Å². The Morgan fingerprint density at radius 2 is 2.04 bits per heavy atom. The van der Waals surface area contributed by atoms with Crippen molar-refractivity contribution in [2.75, 3.05) is 24.6 Å². The van der Waals surface area contributed by atoms with E-state index in [4.69, 9.17) is 4.74 Å². The molecular formula is C17H22N4OS. The number of ether oxygens (including phenoxy) is 1. The first kappa shape index (κ1) is 14.9. The fourth-order valence-corrected chi connectivity index (χ4v) is 4.03. The molecule has 0 bridgehead atoms. The lowest BCUT2D eigenvalue weighted by molar-refractivity contribution is 0.222. The fourth-order valence-electron chi connectivity index (χ4n) is 2.96. The van der Waals surface area contributed by atoms with E-state index in [0.717, 1.165) is 49.1 Å². The summed E-state index contributed by atoms with van der Waals surface area (Å²) in [6.07, 6.45) is 6.70. The van der Waals surface area contributed by atoms with Gasteiger partial charge in [0.2, 0.25) is 5.13 Å². The molecule has 5 nitrogen and oxygen atoms in total. The number of rotatable bonds is 5. The summed E-state index contributed by atoms with van der Waals surface area (Å²) in [5, 5.41) is 11.1. The second-order valence-corrected chi connectivity index (χ2v) is 7.56. The van der Waals surface area contributed by atoms with Crippen molar-refractivity contribution < 1.29 is 4.74 Å². The number of anilines is 1. The van der Waals surface area contributed by atoms with Crippen LogP contribution in [0.25, 0.3) is 0 Å². The van der Waals surface area contributed by atoms with Crippen LogP contribution in [0.2, 0.25) is 0 Å². The van der Waals surface area contributed by atoms with Crippen molar-refractivity contribution in [2.45, 2.75) is 38.5 Å². The van der Waals surface area contributed by atoms with Crippen LogP contribution in [0, 0.1) is 12.8 Å². The van der Waals surface area contributed by atoms with Gasteiger partial charge in [0.05, 0.1) is 6.61 Å². The minimum atomic E-state index is 0.621. The van der Waals surface area contributed by atoms with Crippen LogP contribution in [-0.2, 0) is 0 Å². The van der Waals surface area contributed by atoms with Crippen LogP contribution in [0.1, 0.15) is 42.3 Å². The van der Waals surface area contributed by atoms with E-state index in [1.807, 2.05) is 19.1 Å². The Morgan fingerprint density at radius 1 is 1.22 bits per heavy atom. The summed E-state index contributed by atoms with van der Waals surface area (Å²) < 4.78 is 5.93. The van der Waals surface area contributed by atoms with E-state index in [1.54, 1.807) is 17.5 Å². The second-order valence-electron chi connectivity index (χ2n) is 6.57. The maximum absolute atomic E-state index is 5.93. The predicted molar refractivity (Wildman–Crippen MR) is 91.3 cm³/mol. The Balaban J connectivity index is 1.27. The van der Waals surface area contributed by atoms with Gasteiger partial charge in [-0.25, -0.2) is 0 Å². The van der Waals surface area contributed by atoms with Crippen molar-refractivity contribution in [1.29, 1.82) is 0 Å². The number of nitrogens with zero attached hydrogens (tertiary/aromatic N) is 4. The molecule has 1 saturated heterocycles. The van der Waals surface area contributed by atoms with Crippen LogP contribution in [0.4, 0.5) is 5.13 Å². The summed E-state index contributed by atoms with van der Waals surface area (Å²) in [4.78, 5) is 6.58. The zero-order valence-electron chi connectivity index (χ0n) is 13.4. The van der Waals surface area contributed by atoms with E-state index in [9.17, 15) is 0 Å². The van der Waals surface area contributed by atoms with Gasteiger partial charge in [0.1, 0.15) is 10.8 Å². The van der Waals surface area contributed by atoms with E-state index in [-0.39, 0.29) is 0 Å². The number of aryl methyl sites for hydroxylation is 1. The molecule has 4 rings (SSSR count). The molecule has 2 aromatic rings. The molecule has 6 heteroatoms. The lowest BCUT2D eigenvalue weighted by Gasteiger charge is -2.31. The summed E-state index contributed by atoms with van der Waals surface area (Å²) in [7, 11) is 0. The van der Waals surface area contributed by atoms with Crippen LogP contribution in [0.3, 0.4) is 0 Å². The minimum Gasteiger partial charge on any atom is -0.493 e. The monoisotopic (exact) mass is 330 g/mol. The Labute approximate surface area is 140 Å². The third kappa shape index (κ3) is 3.63. The van der Waals surface area contributed by atoms with E-state index < -0.39 is 0 Å². The zero-order chi connectivity index (χ0) is 15.6. The van der Waals surface area contributed by atoms with Crippen molar-refractivity contribution in [3.63, 3.8) is 0 Å². The minimum absolute atomic E-state index is 0.621. The number of piperidine rings is 1. The van der Waals surface area contributed by atoms with Gasteiger partial charge in [0, 0.05) is 37.0 Å². The van der Waals surface area contributed by atoms with Crippen molar-refractivity contribution in [2.24, 2.45) is 5.92 Å². The topological polar surface area (TPSA) is 51.1 Å². The molecule has 1 saturated carbocycles. The molecule has 2 aromatic heterocycles. The molecule has 2 fully saturated rings. The van der Waals surface area contributed by atoms with Crippen molar-refractivity contribution in [3.8, 4) is 5.75 Å². The van der Waals surface area contributed by atoms with E-state index in [2.05, 4.69) is 20.1 Å². The second kappa shape index (κ2) is 6.43. The molecule has 23 heavy (non-hydrogen) atoms. The zero-order valence-corrected chi connectivity index (χ0v) is 14.3. The summed E-state index contributed by atoms with van der Waals surface area (Å²) >= 11 is 1.79. The first-order chi connectivity index (χ1) is 11.3. The average molecular weight is 330 g/mol. The third-order valence-electron chi connectivity index (χ3n) is 4.60. The van der Waals surface area contributed by atoms with Crippen LogP contribution < -0.4 is 9.64 Å². The highest BCUT2D eigenvalue weighted by Crippen LogP contribution is 2.42. The molecule has 0 N–H and O–H groups in total. The summed E-state index contributed by atoms with van der Waals surface area (Å²) in [6, 6.07) is 3.93. The van der Waals surface area contributed by atoms with E-state index >= 15 is 0 Å². The lowest BCUT2D eigenvalue weighted by atomic mass is 9.98. The molecule has 122 valence electrons. The summed E-state index contributed by atoms with van der Waals surface area (Å²) in [5.41, 5.74) is 1.00. The van der Waals surface area contributed by atoms with Gasteiger partial charge in [-0.3, -0.25) is 4.98 Å². The van der Waals surface area contributed by atoms with E-state index in [1.165, 1.54) is 17.8 Å². The Morgan fingerprint density at radius 3 is 2.78 bits per heavy atom. The molecule has 0 unspecified atom stereocenters. The SMILES string of the molecule is Cc1cc(OCC2CCN(c3nnc(C4CC4)s3)CC2)ccn1. The van der Waals surface area contributed by atoms with Gasteiger partial charge in [-0.15, -0.1) is 10.2 Å².